The Bertz CT molecular complexity index is 875. The number of hydrogen-bond donors (Lipinski definition) is 2. The van der Waals surface area contributed by atoms with Crippen molar-refractivity contribution in [2.45, 2.75) is 71.1 Å². The first-order chi connectivity index (χ1) is 16.4. The zero-order valence-electron chi connectivity index (χ0n) is 20.4. The van der Waals surface area contributed by atoms with Gasteiger partial charge in [-0.05, 0) is 68.0 Å². The molecule has 2 rings (SSSR count). The zero-order chi connectivity index (χ0) is 24.8. The van der Waals surface area contributed by atoms with Crippen molar-refractivity contribution >= 4 is 11.9 Å². The van der Waals surface area contributed by atoms with Crippen LogP contribution in [-0.2, 0) is 22.4 Å². The van der Waals surface area contributed by atoms with Gasteiger partial charge in [0.15, 0.2) is 0 Å². The fraction of sp³-hybridized carbons (Fsp3) is 0.500. The zero-order valence-corrected chi connectivity index (χ0v) is 20.4. The van der Waals surface area contributed by atoms with Crippen molar-refractivity contribution in [3.8, 4) is 11.5 Å². The summed E-state index contributed by atoms with van der Waals surface area (Å²) in [6.07, 6.45) is 7.00. The van der Waals surface area contributed by atoms with Crippen LogP contribution in [0.1, 0.15) is 69.4 Å². The number of carboxylic acid groups (broad SMARTS) is 2. The predicted molar refractivity (Wildman–Crippen MR) is 133 cm³/mol. The largest absolute Gasteiger partial charge is 0.497 e. The van der Waals surface area contributed by atoms with Gasteiger partial charge in [-0.2, -0.15) is 0 Å². The summed E-state index contributed by atoms with van der Waals surface area (Å²) in [6.45, 7) is 2.52. The molecular formula is C28H38O6. The van der Waals surface area contributed by atoms with Crippen molar-refractivity contribution in [1.29, 1.82) is 0 Å². The number of carboxylic acids is 2. The van der Waals surface area contributed by atoms with Gasteiger partial charge in [0.2, 0.25) is 0 Å². The third kappa shape index (κ3) is 9.08. The Morgan fingerprint density at radius 3 is 1.74 bits per heavy atom. The normalized spacial score (nSPS) is 12.6. The molecule has 0 aliphatic carbocycles. The van der Waals surface area contributed by atoms with Crippen LogP contribution in [0.5, 0.6) is 11.5 Å². The quantitative estimate of drug-likeness (QED) is 0.269. The van der Waals surface area contributed by atoms with E-state index < -0.39 is 17.4 Å². The second-order valence-corrected chi connectivity index (χ2v) is 8.88. The minimum absolute atomic E-state index is 0.214. The molecule has 2 aromatic carbocycles. The number of unbranched alkanes of at least 4 members (excludes halogenated alkanes) is 5. The molecule has 34 heavy (non-hydrogen) atoms. The molecule has 1 atom stereocenters. The van der Waals surface area contributed by atoms with Crippen LogP contribution in [0.3, 0.4) is 0 Å². The molecule has 0 aliphatic rings. The highest BCUT2D eigenvalue weighted by Crippen LogP contribution is 2.35. The van der Waals surface area contributed by atoms with E-state index in [2.05, 4.69) is 0 Å². The fourth-order valence-electron chi connectivity index (χ4n) is 4.34. The van der Waals surface area contributed by atoms with E-state index >= 15 is 0 Å². The molecule has 0 radical (unpaired) electrons. The van der Waals surface area contributed by atoms with E-state index in [9.17, 15) is 14.7 Å². The van der Waals surface area contributed by atoms with Gasteiger partial charge in [0, 0.05) is 6.42 Å². The Morgan fingerprint density at radius 2 is 1.26 bits per heavy atom. The van der Waals surface area contributed by atoms with E-state index in [0.29, 0.717) is 32.3 Å². The van der Waals surface area contributed by atoms with Crippen molar-refractivity contribution in [3.63, 3.8) is 0 Å². The summed E-state index contributed by atoms with van der Waals surface area (Å²) < 4.78 is 10.8. The average molecular weight is 471 g/mol. The maximum Gasteiger partial charge on any atom is 0.310 e. The first kappa shape index (κ1) is 27.2. The maximum absolute atomic E-state index is 12.7. The molecule has 0 saturated heterocycles. The molecule has 0 spiro atoms. The summed E-state index contributed by atoms with van der Waals surface area (Å²) in [4.78, 5) is 23.3. The molecule has 0 aliphatic heterocycles. The third-order valence-corrected chi connectivity index (χ3v) is 6.23. The third-order valence-electron chi connectivity index (χ3n) is 6.23. The fourth-order valence-corrected chi connectivity index (χ4v) is 4.34. The molecular weight excluding hydrogens is 432 g/mol. The van der Waals surface area contributed by atoms with Gasteiger partial charge in [0.1, 0.15) is 11.5 Å². The van der Waals surface area contributed by atoms with Crippen molar-refractivity contribution < 1.29 is 29.3 Å². The van der Waals surface area contributed by atoms with E-state index in [1.54, 1.807) is 7.11 Å². The second kappa shape index (κ2) is 14.3. The van der Waals surface area contributed by atoms with Crippen molar-refractivity contribution in [2.24, 2.45) is 5.41 Å². The van der Waals surface area contributed by atoms with Crippen LogP contribution in [-0.4, -0.2) is 35.9 Å². The first-order valence-corrected chi connectivity index (χ1v) is 12.2. The van der Waals surface area contributed by atoms with Crippen molar-refractivity contribution in [1.82, 2.24) is 0 Å². The SMILES string of the molecule is CCOc1ccc(CC(CCCCCCCCC(=O)O)(Cc2ccc(OC)cc2)C(=O)O)cc1. The molecule has 6 nitrogen and oxygen atoms in total. The Kier molecular flexibility index (Phi) is 11.4. The van der Waals surface area contributed by atoms with E-state index in [1.165, 1.54) is 0 Å². The van der Waals surface area contributed by atoms with E-state index in [4.69, 9.17) is 14.6 Å². The monoisotopic (exact) mass is 470 g/mol. The van der Waals surface area contributed by atoms with Crippen LogP contribution in [0, 0.1) is 5.41 Å². The molecule has 1 unspecified atom stereocenters. The molecule has 0 fully saturated rings. The molecule has 0 heterocycles. The van der Waals surface area contributed by atoms with Crippen LogP contribution < -0.4 is 9.47 Å². The topological polar surface area (TPSA) is 93.1 Å². The second-order valence-electron chi connectivity index (χ2n) is 8.88. The van der Waals surface area contributed by atoms with E-state index in [1.807, 2.05) is 55.5 Å². The Balaban J connectivity index is 2.09. The summed E-state index contributed by atoms with van der Waals surface area (Å²) in [5, 5.41) is 19.1. The summed E-state index contributed by atoms with van der Waals surface area (Å²) in [6, 6.07) is 15.3. The highest BCUT2D eigenvalue weighted by atomic mass is 16.5. The highest BCUT2D eigenvalue weighted by molar-refractivity contribution is 5.75. The number of aliphatic carboxylic acids is 2. The maximum atomic E-state index is 12.7. The van der Waals surface area contributed by atoms with Gasteiger partial charge in [-0.15, -0.1) is 0 Å². The molecule has 0 amide bonds. The number of rotatable bonds is 17. The van der Waals surface area contributed by atoms with Gasteiger partial charge in [-0.1, -0.05) is 56.4 Å². The van der Waals surface area contributed by atoms with Gasteiger partial charge in [0.25, 0.3) is 0 Å². The van der Waals surface area contributed by atoms with Crippen molar-refractivity contribution in [3.05, 3.63) is 59.7 Å². The summed E-state index contributed by atoms with van der Waals surface area (Å²) >= 11 is 0. The number of carbonyl (C=O) groups is 2. The molecule has 0 saturated carbocycles. The lowest BCUT2D eigenvalue weighted by atomic mass is 9.73. The Morgan fingerprint density at radius 1 is 0.765 bits per heavy atom. The van der Waals surface area contributed by atoms with Crippen LogP contribution in [0.25, 0.3) is 0 Å². The predicted octanol–water partition coefficient (Wildman–Crippen LogP) is 6.16. The molecule has 0 bridgehead atoms. The number of hydrogen-bond acceptors (Lipinski definition) is 4. The first-order valence-electron chi connectivity index (χ1n) is 12.2. The minimum atomic E-state index is -0.912. The van der Waals surface area contributed by atoms with Gasteiger partial charge in [0.05, 0.1) is 19.1 Å². The van der Waals surface area contributed by atoms with E-state index in [0.717, 1.165) is 54.7 Å². The number of benzene rings is 2. The van der Waals surface area contributed by atoms with Crippen LogP contribution in [0.2, 0.25) is 0 Å². The minimum Gasteiger partial charge on any atom is -0.497 e. The Hall–Kier alpha value is -3.02. The lowest BCUT2D eigenvalue weighted by molar-refractivity contribution is -0.149. The summed E-state index contributed by atoms with van der Waals surface area (Å²) in [7, 11) is 1.62. The number of ether oxygens (including phenoxy) is 2. The number of methoxy groups -OCH3 is 1. The van der Waals surface area contributed by atoms with Crippen LogP contribution >= 0.6 is 0 Å². The molecule has 2 N–H and O–H groups in total. The molecule has 0 aromatic heterocycles. The van der Waals surface area contributed by atoms with Gasteiger partial charge >= 0.3 is 11.9 Å². The molecule has 2 aromatic rings. The Labute approximate surface area is 202 Å². The van der Waals surface area contributed by atoms with Gasteiger partial charge < -0.3 is 19.7 Å². The van der Waals surface area contributed by atoms with Gasteiger partial charge in [-0.3, -0.25) is 9.59 Å². The molecule has 186 valence electrons. The summed E-state index contributed by atoms with van der Waals surface area (Å²) in [5.41, 5.74) is 1.04. The van der Waals surface area contributed by atoms with E-state index in [-0.39, 0.29) is 6.42 Å². The highest BCUT2D eigenvalue weighted by Gasteiger charge is 2.38. The van der Waals surface area contributed by atoms with Crippen molar-refractivity contribution in [2.75, 3.05) is 13.7 Å². The van der Waals surface area contributed by atoms with Crippen LogP contribution in [0.15, 0.2) is 48.5 Å². The summed E-state index contributed by atoms with van der Waals surface area (Å²) in [5.74, 6) is 0.00189. The smallest absolute Gasteiger partial charge is 0.310 e. The lowest BCUT2D eigenvalue weighted by Gasteiger charge is -2.30. The lowest BCUT2D eigenvalue weighted by Crippen LogP contribution is -2.36. The van der Waals surface area contributed by atoms with Crippen LogP contribution in [0.4, 0.5) is 0 Å². The van der Waals surface area contributed by atoms with Gasteiger partial charge in [-0.25, -0.2) is 0 Å². The molecule has 6 heteroatoms. The average Bonchev–Trinajstić information content (AvgIpc) is 2.82. The standard InChI is InChI=1S/C28H38O6/c1-3-34-25-17-13-23(14-18-25)21-28(27(31)32,20-22-11-15-24(33-2)16-12-22)19-9-7-5-4-6-8-10-26(29)30/h11-18H,3-10,19-21H2,1-2H3,(H,29,30)(H,31,32).